The Bertz CT molecular complexity index is 1620. The summed E-state index contributed by atoms with van der Waals surface area (Å²) in [5.41, 5.74) is 6.45. The van der Waals surface area contributed by atoms with Crippen LogP contribution in [0.5, 0.6) is 0 Å². The average Bonchev–Trinajstić information content (AvgIpc) is 3.73. The van der Waals surface area contributed by atoms with Crippen molar-refractivity contribution in [1.29, 1.82) is 0 Å². The lowest BCUT2D eigenvalue weighted by molar-refractivity contribution is 0.101. The van der Waals surface area contributed by atoms with Crippen LogP contribution in [0.3, 0.4) is 0 Å². The molecule has 0 radical (unpaired) electrons. The number of carbonyl (C=O) groups is 2. The summed E-state index contributed by atoms with van der Waals surface area (Å²) in [4.78, 5) is 33.0. The highest BCUT2D eigenvalue weighted by atomic mass is 16.2. The fourth-order valence-corrected chi connectivity index (χ4v) is 4.74. The van der Waals surface area contributed by atoms with Gasteiger partial charge in [-0.15, -0.1) is 0 Å². The lowest BCUT2D eigenvalue weighted by atomic mass is 10.0. The molecule has 8 nitrogen and oxygen atoms in total. The monoisotopic (exact) mass is 528 g/mol. The molecule has 6 rings (SSSR count). The zero-order valence-corrected chi connectivity index (χ0v) is 21.6. The summed E-state index contributed by atoms with van der Waals surface area (Å²) < 4.78 is 0. The molecule has 0 spiro atoms. The maximum absolute atomic E-state index is 12.9. The van der Waals surface area contributed by atoms with Crippen LogP contribution < -0.4 is 21.3 Å². The highest BCUT2D eigenvalue weighted by Crippen LogP contribution is 2.23. The molecule has 0 unspecified atom stereocenters. The lowest BCUT2D eigenvalue weighted by Gasteiger charge is -2.13. The normalized spacial score (nSPS) is 13.2. The van der Waals surface area contributed by atoms with E-state index >= 15 is 0 Å². The number of carbonyl (C=O) groups excluding carboxylic acids is 2. The summed E-state index contributed by atoms with van der Waals surface area (Å²) in [5.74, 6) is 0.380. The van der Waals surface area contributed by atoms with Gasteiger partial charge in [0, 0.05) is 53.5 Å². The minimum atomic E-state index is -0.196. The van der Waals surface area contributed by atoms with Crippen molar-refractivity contribution in [3.63, 3.8) is 0 Å². The molecule has 2 amide bonds. The van der Waals surface area contributed by atoms with Crippen molar-refractivity contribution in [3.05, 3.63) is 126 Å². The van der Waals surface area contributed by atoms with E-state index in [1.807, 2.05) is 72.8 Å². The molecule has 5 N–H and O–H groups in total. The maximum Gasteiger partial charge on any atom is 0.255 e. The SMILES string of the molecule is O=C(Nc1cccc(-c2ncc[nH]2)c1)c1ccc(-c2ccc(C(=O)Nc3cccc(C4NCCN4)c3)cc2)cc1. The molecule has 0 bridgehead atoms. The highest BCUT2D eigenvalue weighted by Gasteiger charge is 2.16. The second-order valence-corrected chi connectivity index (χ2v) is 9.55. The Hall–Kier alpha value is -5.05. The van der Waals surface area contributed by atoms with Crippen LogP contribution in [-0.2, 0) is 0 Å². The van der Waals surface area contributed by atoms with Gasteiger partial charge in [0.15, 0.2) is 0 Å². The second-order valence-electron chi connectivity index (χ2n) is 9.55. The van der Waals surface area contributed by atoms with Crippen LogP contribution in [0.4, 0.5) is 11.4 Å². The molecule has 1 aromatic heterocycles. The van der Waals surface area contributed by atoms with Gasteiger partial charge in [0.25, 0.3) is 11.8 Å². The van der Waals surface area contributed by atoms with Crippen molar-refractivity contribution >= 4 is 23.2 Å². The molecule has 40 heavy (non-hydrogen) atoms. The summed E-state index contributed by atoms with van der Waals surface area (Å²) in [5, 5.41) is 12.7. The number of H-pyrrole nitrogens is 1. The number of aromatic amines is 1. The van der Waals surface area contributed by atoms with Crippen molar-refractivity contribution in [3.8, 4) is 22.5 Å². The molecular formula is C32H28N6O2. The molecule has 1 fully saturated rings. The van der Waals surface area contributed by atoms with Crippen LogP contribution in [0.15, 0.2) is 109 Å². The Morgan fingerprint density at radius 1 is 0.675 bits per heavy atom. The van der Waals surface area contributed by atoms with Gasteiger partial charge in [-0.1, -0.05) is 48.5 Å². The number of rotatable bonds is 7. The first kappa shape index (κ1) is 25.2. The average molecular weight is 529 g/mol. The molecule has 198 valence electrons. The van der Waals surface area contributed by atoms with Crippen LogP contribution in [0.25, 0.3) is 22.5 Å². The van der Waals surface area contributed by atoms with E-state index in [1.54, 1.807) is 36.7 Å². The van der Waals surface area contributed by atoms with Gasteiger partial charge in [0.2, 0.25) is 0 Å². The molecule has 0 atom stereocenters. The predicted molar refractivity (Wildman–Crippen MR) is 157 cm³/mol. The lowest BCUT2D eigenvalue weighted by Crippen LogP contribution is -2.21. The van der Waals surface area contributed by atoms with Gasteiger partial charge in [0.1, 0.15) is 5.82 Å². The fourth-order valence-electron chi connectivity index (χ4n) is 4.74. The molecule has 1 aliphatic rings. The molecule has 0 saturated carbocycles. The topological polar surface area (TPSA) is 111 Å². The van der Waals surface area contributed by atoms with E-state index in [4.69, 9.17) is 0 Å². The first-order valence-corrected chi connectivity index (χ1v) is 13.1. The molecule has 2 heterocycles. The Kier molecular flexibility index (Phi) is 7.17. The third kappa shape index (κ3) is 5.68. The molecule has 5 aromatic rings. The molecule has 4 aromatic carbocycles. The standard InChI is InChI=1S/C32H28N6O2/c39-31(37-27-5-1-3-25(19-27)29-33-15-16-34-29)23-11-7-21(8-12-23)22-9-13-24(14-10-22)32(40)38-28-6-2-4-26(20-28)30-35-17-18-36-30/h1-16,19-20,30,35-36H,17-18H2,(H,33,34)(H,37,39)(H,38,40). The summed E-state index contributed by atoms with van der Waals surface area (Å²) in [6.07, 6.45) is 3.56. The van der Waals surface area contributed by atoms with E-state index in [-0.39, 0.29) is 18.0 Å². The summed E-state index contributed by atoms with van der Waals surface area (Å²) in [7, 11) is 0. The molecule has 1 saturated heterocycles. The Morgan fingerprint density at radius 3 is 1.82 bits per heavy atom. The Morgan fingerprint density at radius 2 is 1.25 bits per heavy atom. The number of amides is 2. The number of anilines is 2. The fraction of sp³-hybridized carbons (Fsp3) is 0.0938. The van der Waals surface area contributed by atoms with E-state index in [2.05, 4.69) is 31.2 Å². The largest absolute Gasteiger partial charge is 0.345 e. The number of imidazole rings is 1. The number of nitrogens with one attached hydrogen (secondary N) is 5. The van der Waals surface area contributed by atoms with Gasteiger partial charge in [-0.2, -0.15) is 0 Å². The minimum Gasteiger partial charge on any atom is -0.345 e. The zero-order valence-electron chi connectivity index (χ0n) is 21.6. The first-order chi connectivity index (χ1) is 19.6. The van der Waals surface area contributed by atoms with Gasteiger partial charge in [0.05, 0.1) is 6.17 Å². The Balaban J connectivity index is 1.09. The minimum absolute atomic E-state index is 0.104. The van der Waals surface area contributed by atoms with Crippen molar-refractivity contribution in [2.75, 3.05) is 23.7 Å². The molecule has 8 heteroatoms. The number of aromatic nitrogens is 2. The molecule has 0 aliphatic carbocycles. The van der Waals surface area contributed by atoms with Crippen molar-refractivity contribution in [2.24, 2.45) is 0 Å². The third-order valence-electron chi connectivity index (χ3n) is 6.82. The van der Waals surface area contributed by atoms with E-state index < -0.39 is 0 Å². The zero-order chi connectivity index (χ0) is 27.3. The van der Waals surface area contributed by atoms with E-state index in [0.717, 1.165) is 46.9 Å². The van der Waals surface area contributed by atoms with Crippen LogP contribution >= 0.6 is 0 Å². The van der Waals surface area contributed by atoms with Crippen LogP contribution in [0.1, 0.15) is 32.4 Å². The maximum atomic E-state index is 12.9. The smallest absolute Gasteiger partial charge is 0.255 e. The van der Waals surface area contributed by atoms with Crippen LogP contribution in [0.2, 0.25) is 0 Å². The van der Waals surface area contributed by atoms with E-state index in [9.17, 15) is 9.59 Å². The Labute approximate surface area is 231 Å². The van der Waals surface area contributed by atoms with Gasteiger partial charge >= 0.3 is 0 Å². The molecular weight excluding hydrogens is 500 g/mol. The van der Waals surface area contributed by atoms with E-state index in [1.165, 1.54) is 0 Å². The molecule has 1 aliphatic heterocycles. The highest BCUT2D eigenvalue weighted by molar-refractivity contribution is 6.05. The number of benzene rings is 4. The number of hydrogen-bond acceptors (Lipinski definition) is 5. The third-order valence-corrected chi connectivity index (χ3v) is 6.82. The summed E-state index contributed by atoms with van der Waals surface area (Å²) >= 11 is 0. The van der Waals surface area contributed by atoms with Gasteiger partial charge < -0.3 is 15.6 Å². The van der Waals surface area contributed by atoms with Crippen LogP contribution in [-0.4, -0.2) is 34.9 Å². The van der Waals surface area contributed by atoms with Gasteiger partial charge in [-0.25, -0.2) is 4.98 Å². The second kappa shape index (κ2) is 11.4. The van der Waals surface area contributed by atoms with Crippen molar-refractivity contribution in [2.45, 2.75) is 6.17 Å². The van der Waals surface area contributed by atoms with Gasteiger partial charge in [-0.3, -0.25) is 20.2 Å². The quantitative estimate of drug-likeness (QED) is 0.193. The van der Waals surface area contributed by atoms with Gasteiger partial charge in [-0.05, 0) is 65.2 Å². The first-order valence-electron chi connectivity index (χ1n) is 13.1. The van der Waals surface area contributed by atoms with E-state index in [0.29, 0.717) is 16.8 Å². The van der Waals surface area contributed by atoms with Crippen LogP contribution in [0, 0.1) is 0 Å². The predicted octanol–water partition coefficient (Wildman–Crippen LogP) is 5.44. The number of hydrogen-bond donors (Lipinski definition) is 5. The number of nitrogens with zero attached hydrogens (tertiary/aromatic N) is 1. The van der Waals surface area contributed by atoms with Crippen molar-refractivity contribution in [1.82, 2.24) is 20.6 Å². The van der Waals surface area contributed by atoms with Crippen molar-refractivity contribution < 1.29 is 9.59 Å². The summed E-state index contributed by atoms with van der Waals surface area (Å²) in [6, 6.07) is 30.2. The summed E-state index contributed by atoms with van der Waals surface area (Å²) in [6.45, 7) is 1.84.